The minimum Gasteiger partial charge on any atom is -0.494 e. The Labute approximate surface area is 221 Å². The van der Waals surface area contributed by atoms with E-state index in [2.05, 4.69) is 21.7 Å². The summed E-state index contributed by atoms with van der Waals surface area (Å²) in [5.41, 5.74) is 2.96. The van der Waals surface area contributed by atoms with Crippen LogP contribution < -0.4 is 15.4 Å². The molecule has 2 unspecified atom stereocenters. The zero-order valence-corrected chi connectivity index (χ0v) is 21.9. The second-order valence-corrected chi connectivity index (χ2v) is 10.1. The summed E-state index contributed by atoms with van der Waals surface area (Å²) in [7, 11) is 0. The van der Waals surface area contributed by atoms with Crippen LogP contribution in [0.5, 0.6) is 5.75 Å². The smallest absolute Gasteiger partial charge is 0.317 e. The number of hydrogen-bond acceptors (Lipinski definition) is 6. The van der Waals surface area contributed by atoms with E-state index in [0.29, 0.717) is 26.1 Å². The zero-order chi connectivity index (χ0) is 26.2. The van der Waals surface area contributed by atoms with Gasteiger partial charge < -0.3 is 20.3 Å². The third-order valence-electron chi connectivity index (χ3n) is 6.37. The highest BCUT2D eigenvalue weighted by molar-refractivity contribution is 7.16. The van der Waals surface area contributed by atoms with Crippen LogP contribution in [-0.4, -0.2) is 41.5 Å². The summed E-state index contributed by atoms with van der Waals surface area (Å²) in [5, 5.41) is 16.2. The second-order valence-electron chi connectivity index (χ2n) is 9.01. The first kappa shape index (κ1) is 26.2. The molecular formula is C28H31N5O3S. The van der Waals surface area contributed by atoms with Gasteiger partial charge in [0.15, 0.2) is 0 Å². The number of nitrogens with one attached hydrogen (secondary N) is 2. The maximum atomic E-state index is 12.8. The largest absolute Gasteiger partial charge is 0.494 e. The number of benzene rings is 1. The lowest BCUT2D eigenvalue weighted by Gasteiger charge is -2.27. The normalized spacial score (nSPS) is 14.1. The van der Waals surface area contributed by atoms with Crippen molar-refractivity contribution in [1.29, 1.82) is 5.26 Å². The van der Waals surface area contributed by atoms with Gasteiger partial charge >= 0.3 is 6.03 Å². The van der Waals surface area contributed by atoms with Gasteiger partial charge in [0, 0.05) is 36.8 Å². The average molecular weight is 518 g/mol. The number of amides is 3. The molecule has 1 aromatic carbocycles. The Balaban J connectivity index is 1.31. The SMILES string of the molecule is CCOc1ccccc1C(C)CC(=O)Nc1cc2c(s1)CN(C(=O)NCC(C#N)c1cccnc1)CC2. The highest BCUT2D eigenvalue weighted by Crippen LogP contribution is 2.33. The maximum Gasteiger partial charge on any atom is 0.317 e. The van der Waals surface area contributed by atoms with Crippen molar-refractivity contribution >= 4 is 28.3 Å². The first-order valence-electron chi connectivity index (χ1n) is 12.4. The van der Waals surface area contributed by atoms with E-state index >= 15 is 0 Å². The van der Waals surface area contributed by atoms with Gasteiger partial charge in [0.05, 0.1) is 30.1 Å². The van der Waals surface area contributed by atoms with E-state index in [-0.39, 0.29) is 24.4 Å². The van der Waals surface area contributed by atoms with Gasteiger partial charge in [-0.1, -0.05) is 31.2 Å². The van der Waals surface area contributed by atoms with Crippen LogP contribution in [0.4, 0.5) is 9.80 Å². The van der Waals surface area contributed by atoms with Crippen molar-refractivity contribution in [3.8, 4) is 11.8 Å². The fraction of sp³-hybridized carbons (Fsp3) is 0.357. The molecule has 192 valence electrons. The van der Waals surface area contributed by atoms with Crippen molar-refractivity contribution in [2.24, 2.45) is 0 Å². The van der Waals surface area contributed by atoms with E-state index < -0.39 is 5.92 Å². The topological polar surface area (TPSA) is 107 Å². The Morgan fingerprint density at radius 1 is 1.27 bits per heavy atom. The van der Waals surface area contributed by atoms with E-state index in [1.54, 1.807) is 23.4 Å². The van der Waals surface area contributed by atoms with E-state index in [1.165, 1.54) is 11.3 Å². The molecule has 3 amide bonds. The minimum atomic E-state index is -0.454. The molecule has 0 saturated carbocycles. The molecule has 1 aliphatic heterocycles. The van der Waals surface area contributed by atoms with Crippen LogP contribution >= 0.6 is 11.3 Å². The van der Waals surface area contributed by atoms with Crippen molar-refractivity contribution in [1.82, 2.24) is 15.2 Å². The fourth-order valence-electron chi connectivity index (χ4n) is 4.43. The van der Waals surface area contributed by atoms with Crippen molar-refractivity contribution in [2.45, 2.75) is 45.1 Å². The summed E-state index contributed by atoms with van der Waals surface area (Å²) in [6, 6.07) is 15.5. The number of hydrogen-bond donors (Lipinski definition) is 2. The van der Waals surface area contributed by atoms with Crippen LogP contribution in [0.3, 0.4) is 0 Å². The molecule has 9 heteroatoms. The number of anilines is 1. The van der Waals surface area contributed by atoms with Crippen LogP contribution in [0.1, 0.15) is 53.7 Å². The molecule has 2 aromatic heterocycles. The summed E-state index contributed by atoms with van der Waals surface area (Å²) < 4.78 is 5.72. The monoisotopic (exact) mass is 517 g/mol. The molecule has 0 aliphatic carbocycles. The Hall–Kier alpha value is -3.90. The molecule has 3 aromatic rings. The molecule has 4 rings (SSSR count). The Kier molecular flexibility index (Phi) is 8.75. The number of para-hydroxylation sites is 1. The molecule has 8 nitrogen and oxygen atoms in total. The van der Waals surface area contributed by atoms with E-state index in [4.69, 9.17) is 4.74 Å². The van der Waals surface area contributed by atoms with Crippen LogP contribution in [0.25, 0.3) is 0 Å². The number of nitrogens with zero attached hydrogens (tertiary/aromatic N) is 3. The number of ether oxygens (including phenoxy) is 1. The summed E-state index contributed by atoms with van der Waals surface area (Å²) in [6.45, 7) is 5.83. The van der Waals surface area contributed by atoms with Crippen LogP contribution in [-0.2, 0) is 17.8 Å². The first-order chi connectivity index (χ1) is 18.0. The summed E-state index contributed by atoms with van der Waals surface area (Å²) >= 11 is 1.51. The highest BCUT2D eigenvalue weighted by atomic mass is 32.1. The third kappa shape index (κ3) is 6.66. The highest BCUT2D eigenvalue weighted by Gasteiger charge is 2.24. The second kappa shape index (κ2) is 12.4. The molecule has 2 atom stereocenters. The molecule has 0 radical (unpaired) electrons. The molecule has 0 spiro atoms. The van der Waals surface area contributed by atoms with Gasteiger partial charge in [0.2, 0.25) is 5.91 Å². The number of aromatic nitrogens is 1. The number of rotatable bonds is 9. The molecule has 3 heterocycles. The Bertz CT molecular complexity index is 1270. The number of nitriles is 1. The lowest BCUT2D eigenvalue weighted by Crippen LogP contribution is -2.43. The standard InChI is InChI=1S/C28H31N5O3S/c1-3-36-24-9-5-4-8-23(24)19(2)13-26(34)32-27-14-20-10-12-33(18-25(20)37-27)28(35)31-17-22(15-29)21-7-6-11-30-16-21/h4-9,11,14,16,19,22H,3,10,12-13,17-18H2,1-2H3,(H,31,35)(H,32,34). The zero-order valence-electron chi connectivity index (χ0n) is 21.1. The van der Waals surface area contributed by atoms with Gasteiger partial charge in [-0.3, -0.25) is 9.78 Å². The van der Waals surface area contributed by atoms with Gasteiger partial charge in [-0.05, 0) is 54.2 Å². The number of pyridine rings is 1. The summed E-state index contributed by atoms with van der Waals surface area (Å²) in [4.78, 5) is 32.4. The van der Waals surface area contributed by atoms with Crippen LogP contribution in [0.2, 0.25) is 0 Å². The Morgan fingerprint density at radius 2 is 2.11 bits per heavy atom. The third-order valence-corrected chi connectivity index (χ3v) is 7.45. The fourth-order valence-corrected chi connectivity index (χ4v) is 5.57. The van der Waals surface area contributed by atoms with Gasteiger partial charge in [0.25, 0.3) is 0 Å². The average Bonchev–Trinajstić information content (AvgIpc) is 3.31. The minimum absolute atomic E-state index is 0.0143. The first-order valence-corrected chi connectivity index (χ1v) is 13.3. The Morgan fingerprint density at radius 3 is 2.86 bits per heavy atom. The quantitative estimate of drug-likeness (QED) is 0.413. The maximum absolute atomic E-state index is 12.8. The molecule has 0 saturated heterocycles. The number of urea groups is 1. The predicted molar refractivity (Wildman–Crippen MR) is 144 cm³/mol. The van der Waals surface area contributed by atoms with Crippen molar-refractivity contribution in [3.05, 3.63) is 76.4 Å². The van der Waals surface area contributed by atoms with E-state index in [0.717, 1.165) is 38.7 Å². The van der Waals surface area contributed by atoms with Crippen molar-refractivity contribution < 1.29 is 14.3 Å². The van der Waals surface area contributed by atoms with Gasteiger partial charge in [0.1, 0.15) is 5.75 Å². The molecule has 37 heavy (non-hydrogen) atoms. The molecular weight excluding hydrogens is 486 g/mol. The van der Waals surface area contributed by atoms with E-state index in [1.807, 2.05) is 50.2 Å². The van der Waals surface area contributed by atoms with Gasteiger partial charge in [-0.15, -0.1) is 11.3 Å². The summed E-state index contributed by atoms with van der Waals surface area (Å²) in [5.74, 6) is 0.326. The number of carbonyl (C=O) groups is 2. The van der Waals surface area contributed by atoms with Crippen LogP contribution in [0, 0.1) is 11.3 Å². The lowest BCUT2D eigenvalue weighted by molar-refractivity contribution is -0.116. The lowest BCUT2D eigenvalue weighted by atomic mass is 9.96. The predicted octanol–water partition coefficient (Wildman–Crippen LogP) is 5.05. The van der Waals surface area contributed by atoms with Crippen molar-refractivity contribution in [3.63, 3.8) is 0 Å². The van der Waals surface area contributed by atoms with Crippen LogP contribution in [0.15, 0.2) is 54.9 Å². The molecule has 0 fully saturated rings. The molecule has 1 aliphatic rings. The van der Waals surface area contributed by atoms with Gasteiger partial charge in [-0.2, -0.15) is 5.26 Å². The molecule has 0 bridgehead atoms. The number of thiophene rings is 1. The van der Waals surface area contributed by atoms with E-state index in [9.17, 15) is 14.9 Å². The van der Waals surface area contributed by atoms with Crippen molar-refractivity contribution in [2.75, 3.05) is 25.0 Å². The molecule has 2 N–H and O–H groups in total. The van der Waals surface area contributed by atoms with Gasteiger partial charge in [-0.25, -0.2) is 4.79 Å². The number of fused-ring (bicyclic) bond motifs is 1. The number of carbonyl (C=O) groups excluding carboxylic acids is 2. The summed E-state index contributed by atoms with van der Waals surface area (Å²) in [6.07, 6.45) is 4.37.